The summed E-state index contributed by atoms with van der Waals surface area (Å²) in [5, 5.41) is 3.48. The standard InChI is InChI=1S/C17H31N3/c1-6-7-8-12-20(5)14-16-11-9-10-15(19-16)13-18-17(2,3)4/h9-11,18H,6-8,12-14H2,1-5H3. The Bertz CT molecular complexity index is 382. The van der Waals surface area contributed by atoms with Gasteiger partial charge in [-0.3, -0.25) is 4.98 Å². The number of pyridine rings is 1. The molecule has 114 valence electrons. The van der Waals surface area contributed by atoms with Crippen LogP contribution in [0.1, 0.15) is 58.3 Å². The zero-order chi connectivity index (χ0) is 15.0. The van der Waals surface area contributed by atoms with Gasteiger partial charge in [0.1, 0.15) is 0 Å². The van der Waals surface area contributed by atoms with Gasteiger partial charge < -0.3 is 10.2 Å². The number of nitrogens with zero attached hydrogens (tertiary/aromatic N) is 2. The first-order valence-electron chi connectivity index (χ1n) is 7.79. The van der Waals surface area contributed by atoms with E-state index in [1.54, 1.807) is 0 Å². The second kappa shape index (κ2) is 8.38. The van der Waals surface area contributed by atoms with E-state index in [1.807, 2.05) is 0 Å². The third kappa shape index (κ3) is 7.61. The lowest BCUT2D eigenvalue weighted by Gasteiger charge is -2.21. The first-order valence-corrected chi connectivity index (χ1v) is 7.79. The number of hydrogen-bond donors (Lipinski definition) is 1. The second-order valence-corrected chi connectivity index (χ2v) is 6.67. The maximum atomic E-state index is 4.74. The van der Waals surface area contributed by atoms with Gasteiger partial charge in [0.15, 0.2) is 0 Å². The number of unbranched alkanes of at least 4 members (excludes halogenated alkanes) is 2. The van der Waals surface area contributed by atoms with E-state index >= 15 is 0 Å². The highest BCUT2D eigenvalue weighted by atomic mass is 15.1. The minimum Gasteiger partial charge on any atom is -0.306 e. The predicted molar refractivity (Wildman–Crippen MR) is 86.7 cm³/mol. The van der Waals surface area contributed by atoms with Crippen LogP contribution in [0, 0.1) is 0 Å². The van der Waals surface area contributed by atoms with Crippen molar-refractivity contribution in [1.82, 2.24) is 15.2 Å². The van der Waals surface area contributed by atoms with Crippen LogP contribution >= 0.6 is 0 Å². The van der Waals surface area contributed by atoms with Crippen molar-refractivity contribution in [3.63, 3.8) is 0 Å². The Morgan fingerprint density at radius 2 is 1.85 bits per heavy atom. The zero-order valence-electron chi connectivity index (χ0n) is 13.9. The highest BCUT2D eigenvalue weighted by molar-refractivity contribution is 5.11. The van der Waals surface area contributed by atoms with Crippen molar-refractivity contribution in [2.45, 2.75) is 65.6 Å². The highest BCUT2D eigenvalue weighted by Crippen LogP contribution is 2.06. The molecule has 0 aromatic carbocycles. The van der Waals surface area contributed by atoms with Crippen LogP contribution in [0.5, 0.6) is 0 Å². The molecule has 3 heteroatoms. The zero-order valence-corrected chi connectivity index (χ0v) is 13.9. The highest BCUT2D eigenvalue weighted by Gasteiger charge is 2.09. The van der Waals surface area contributed by atoms with Gasteiger partial charge in [-0.15, -0.1) is 0 Å². The normalized spacial score (nSPS) is 12.1. The molecule has 20 heavy (non-hydrogen) atoms. The van der Waals surface area contributed by atoms with Gasteiger partial charge in [0, 0.05) is 18.6 Å². The largest absolute Gasteiger partial charge is 0.306 e. The monoisotopic (exact) mass is 277 g/mol. The van der Waals surface area contributed by atoms with E-state index in [2.05, 4.69) is 63.2 Å². The van der Waals surface area contributed by atoms with Crippen molar-refractivity contribution < 1.29 is 0 Å². The van der Waals surface area contributed by atoms with Gasteiger partial charge in [-0.1, -0.05) is 25.8 Å². The molecular formula is C17H31N3. The molecule has 1 aromatic heterocycles. The SMILES string of the molecule is CCCCCN(C)Cc1cccc(CNC(C)(C)C)n1. The van der Waals surface area contributed by atoms with Crippen LogP contribution in [0.4, 0.5) is 0 Å². The molecule has 1 aromatic rings. The molecule has 1 rings (SSSR count). The van der Waals surface area contributed by atoms with Crippen LogP contribution in [0.25, 0.3) is 0 Å². The molecule has 0 saturated carbocycles. The summed E-state index contributed by atoms with van der Waals surface area (Å²) in [7, 11) is 2.18. The van der Waals surface area contributed by atoms with E-state index in [-0.39, 0.29) is 5.54 Å². The molecule has 0 aliphatic carbocycles. The topological polar surface area (TPSA) is 28.2 Å². The van der Waals surface area contributed by atoms with Gasteiger partial charge in [0.2, 0.25) is 0 Å². The molecule has 0 radical (unpaired) electrons. The molecular weight excluding hydrogens is 246 g/mol. The van der Waals surface area contributed by atoms with Crippen molar-refractivity contribution in [2.75, 3.05) is 13.6 Å². The molecule has 0 spiro atoms. The van der Waals surface area contributed by atoms with Crippen molar-refractivity contribution in [2.24, 2.45) is 0 Å². The van der Waals surface area contributed by atoms with Gasteiger partial charge in [0.25, 0.3) is 0 Å². The van der Waals surface area contributed by atoms with Crippen molar-refractivity contribution >= 4 is 0 Å². The van der Waals surface area contributed by atoms with Crippen molar-refractivity contribution in [3.8, 4) is 0 Å². The lowest BCUT2D eigenvalue weighted by atomic mass is 10.1. The Hall–Kier alpha value is -0.930. The fourth-order valence-corrected chi connectivity index (χ4v) is 2.06. The molecule has 0 fully saturated rings. The summed E-state index contributed by atoms with van der Waals surface area (Å²) < 4.78 is 0. The van der Waals surface area contributed by atoms with E-state index < -0.39 is 0 Å². The Labute approximate surface area is 124 Å². The van der Waals surface area contributed by atoms with Gasteiger partial charge in [-0.25, -0.2) is 0 Å². The number of nitrogens with one attached hydrogen (secondary N) is 1. The first-order chi connectivity index (χ1) is 9.40. The lowest BCUT2D eigenvalue weighted by Crippen LogP contribution is -2.35. The molecule has 1 N–H and O–H groups in total. The molecule has 0 bridgehead atoms. The van der Waals surface area contributed by atoms with Crippen LogP contribution < -0.4 is 5.32 Å². The first kappa shape index (κ1) is 17.1. The molecule has 0 amide bonds. The minimum absolute atomic E-state index is 0.134. The van der Waals surface area contributed by atoms with E-state index in [4.69, 9.17) is 4.98 Å². The number of rotatable bonds is 8. The summed E-state index contributed by atoms with van der Waals surface area (Å²) in [5.41, 5.74) is 2.42. The summed E-state index contributed by atoms with van der Waals surface area (Å²) in [5.74, 6) is 0. The molecule has 0 aliphatic heterocycles. The third-order valence-electron chi connectivity index (χ3n) is 3.24. The van der Waals surface area contributed by atoms with E-state index in [1.165, 1.54) is 19.3 Å². The van der Waals surface area contributed by atoms with Crippen molar-refractivity contribution in [1.29, 1.82) is 0 Å². The van der Waals surface area contributed by atoms with Gasteiger partial charge >= 0.3 is 0 Å². The summed E-state index contributed by atoms with van der Waals surface area (Å²) in [4.78, 5) is 7.10. The fraction of sp³-hybridized carbons (Fsp3) is 0.706. The predicted octanol–water partition coefficient (Wildman–Crippen LogP) is 3.59. The second-order valence-electron chi connectivity index (χ2n) is 6.67. The summed E-state index contributed by atoms with van der Waals surface area (Å²) in [6.45, 7) is 11.7. The fourth-order valence-electron chi connectivity index (χ4n) is 2.06. The van der Waals surface area contributed by atoms with Crippen molar-refractivity contribution in [3.05, 3.63) is 29.6 Å². The summed E-state index contributed by atoms with van der Waals surface area (Å²) in [6, 6.07) is 6.33. The van der Waals surface area contributed by atoms with E-state index in [9.17, 15) is 0 Å². The molecule has 0 saturated heterocycles. The Morgan fingerprint density at radius 3 is 2.50 bits per heavy atom. The van der Waals surface area contributed by atoms with E-state index in [0.717, 1.165) is 31.0 Å². The van der Waals surface area contributed by atoms with Crippen LogP contribution in [0.2, 0.25) is 0 Å². The smallest absolute Gasteiger partial charge is 0.0547 e. The third-order valence-corrected chi connectivity index (χ3v) is 3.24. The molecule has 1 heterocycles. The van der Waals surface area contributed by atoms with E-state index in [0.29, 0.717) is 0 Å². The number of aromatic nitrogens is 1. The lowest BCUT2D eigenvalue weighted by molar-refractivity contribution is 0.314. The average Bonchev–Trinajstić information content (AvgIpc) is 2.36. The Morgan fingerprint density at radius 1 is 1.15 bits per heavy atom. The minimum atomic E-state index is 0.134. The summed E-state index contributed by atoms with van der Waals surface area (Å²) >= 11 is 0. The summed E-state index contributed by atoms with van der Waals surface area (Å²) in [6.07, 6.45) is 3.87. The van der Waals surface area contributed by atoms with Gasteiger partial charge in [-0.05, 0) is 52.9 Å². The van der Waals surface area contributed by atoms with Crippen LogP contribution in [0.15, 0.2) is 18.2 Å². The molecule has 0 aliphatic rings. The van der Waals surface area contributed by atoms with Gasteiger partial charge in [-0.2, -0.15) is 0 Å². The Balaban J connectivity index is 2.46. The maximum Gasteiger partial charge on any atom is 0.0547 e. The van der Waals surface area contributed by atoms with Gasteiger partial charge in [0.05, 0.1) is 11.4 Å². The number of hydrogen-bond acceptors (Lipinski definition) is 3. The maximum absolute atomic E-state index is 4.74. The molecule has 0 unspecified atom stereocenters. The van der Waals surface area contributed by atoms with Crippen LogP contribution in [0.3, 0.4) is 0 Å². The quantitative estimate of drug-likeness (QED) is 0.736. The molecule has 0 atom stereocenters. The van der Waals surface area contributed by atoms with Crippen LogP contribution in [-0.4, -0.2) is 29.0 Å². The molecule has 3 nitrogen and oxygen atoms in total. The Kier molecular flexibility index (Phi) is 7.17. The van der Waals surface area contributed by atoms with Crippen LogP contribution in [-0.2, 0) is 13.1 Å². The average molecular weight is 277 g/mol.